The van der Waals surface area contributed by atoms with Crippen LogP contribution in [0.1, 0.15) is 22.8 Å². The molecule has 0 saturated heterocycles. The quantitative estimate of drug-likeness (QED) is 0.857. The van der Waals surface area contributed by atoms with Gasteiger partial charge in [0, 0.05) is 6.92 Å². The van der Waals surface area contributed by atoms with Gasteiger partial charge in [-0.25, -0.2) is 4.79 Å². The van der Waals surface area contributed by atoms with Crippen LogP contribution in [0, 0.1) is 6.92 Å². The summed E-state index contributed by atoms with van der Waals surface area (Å²) in [5.74, 6) is -1.89. The molecule has 1 aromatic rings. The summed E-state index contributed by atoms with van der Waals surface area (Å²) in [4.78, 5) is 21.3. The Morgan fingerprint density at radius 2 is 2.05 bits per heavy atom. The highest BCUT2D eigenvalue weighted by molar-refractivity contribution is 5.88. The lowest BCUT2D eigenvalue weighted by Crippen LogP contribution is -2.39. The fourth-order valence-electron chi connectivity index (χ4n) is 1.32. The predicted molar refractivity (Wildman–Crippen MR) is 62.4 cm³/mol. The Morgan fingerprint density at radius 3 is 2.53 bits per heavy atom. The van der Waals surface area contributed by atoms with Crippen LogP contribution in [0.5, 0.6) is 5.75 Å². The first-order chi connectivity index (χ1) is 8.71. The minimum atomic E-state index is -3.57. The van der Waals surface area contributed by atoms with Gasteiger partial charge in [0.15, 0.2) is 0 Å². The largest absolute Gasteiger partial charge is 0.478 e. The van der Waals surface area contributed by atoms with Gasteiger partial charge in [0.25, 0.3) is 0 Å². The van der Waals surface area contributed by atoms with E-state index in [1.165, 1.54) is 19.1 Å². The monoisotopic (exact) mass is 273 g/mol. The predicted octanol–water partition coefficient (Wildman–Crippen LogP) is 1.80. The number of carbonyl (C=O) groups is 2. The Morgan fingerprint density at radius 1 is 1.42 bits per heavy atom. The summed E-state index contributed by atoms with van der Waals surface area (Å²) in [5.41, 5.74) is 0.248. The molecular formula is C12H13F2NO4. The molecule has 1 rings (SSSR count). The van der Waals surface area contributed by atoms with Crippen LogP contribution in [-0.4, -0.2) is 29.6 Å². The molecule has 0 aliphatic rings. The van der Waals surface area contributed by atoms with Crippen molar-refractivity contribution >= 4 is 11.9 Å². The summed E-state index contributed by atoms with van der Waals surface area (Å²) in [6, 6.07) is 3.55. The summed E-state index contributed by atoms with van der Waals surface area (Å²) in [6.07, 6.45) is -3.57. The number of ether oxygens (including phenoxy) is 1. The molecule has 2 N–H and O–H groups in total. The summed E-state index contributed by atoms with van der Waals surface area (Å²) in [5, 5.41) is 10.7. The summed E-state index contributed by atoms with van der Waals surface area (Å²) in [6.45, 7) is 1.61. The second kappa shape index (κ2) is 5.64. The van der Waals surface area contributed by atoms with Crippen LogP contribution in [0.2, 0.25) is 0 Å². The molecule has 0 atom stereocenters. The van der Waals surface area contributed by atoms with E-state index in [2.05, 4.69) is 4.74 Å². The Labute approximate surface area is 108 Å². The van der Waals surface area contributed by atoms with Crippen molar-refractivity contribution < 1.29 is 28.2 Å². The standard InChI is InChI=1S/C12H13F2NO4/c1-7-5-9(11(17)18)3-4-10(7)19-12(13,14)6-15-8(2)16/h3-5H,6H2,1-2H3,(H,15,16)(H,17,18). The number of nitrogens with one attached hydrogen (secondary N) is 1. The third-order valence-corrected chi connectivity index (χ3v) is 2.22. The smallest absolute Gasteiger partial charge is 0.415 e. The van der Waals surface area contributed by atoms with Gasteiger partial charge in [-0.2, -0.15) is 8.78 Å². The number of aromatic carboxylic acids is 1. The number of carboxylic acids is 1. The van der Waals surface area contributed by atoms with Crippen molar-refractivity contribution in [3.05, 3.63) is 29.3 Å². The van der Waals surface area contributed by atoms with Gasteiger partial charge in [-0.1, -0.05) is 0 Å². The van der Waals surface area contributed by atoms with Crippen molar-refractivity contribution in [2.24, 2.45) is 0 Å². The first-order valence-electron chi connectivity index (χ1n) is 5.36. The van der Waals surface area contributed by atoms with Crippen LogP contribution in [0.25, 0.3) is 0 Å². The summed E-state index contributed by atoms with van der Waals surface area (Å²) >= 11 is 0. The number of hydrogen-bond donors (Lipinski definition) is 2. The normalized spacial score (nSPS) is 10.9. The van der Waals surface area contributed by atoms with E-state index in [1.54, 1.807) is 0 Å². The molecule has 0 spiro atoms. The fraction of sp³-hybridized carbons (Fsp3) is 0.333. The lowest BCUT2D eigenvalue weighted by Gasteiger charge is -2.19. The Kier molecular flexibility index (Phi) is 4.42. The van der Waals surface area contributed by atoms with Crippen molar-refractivity contribution in [2.45, 2.75) is 20.0 Å². The number of halogens is 2. The molecular weight excluding hydrogens is 260 g/mol. The van der Waals surface area contributed by atoms with E-state index < -0.39 is 24.5 Å². The molecule has 0 fully saturated rings. The van der Waals surface area contributed by atoms with Crippen molar-refractivity contribution in [1.82, 2.24) is 5.32 Å². The maximum atomic E-state index is 13.4. The van der Waals surface area contributed by atoms with Crippen molar-refractivity contribution in [3.8, 4) is 5.75 Å². The van der Waals surface area contributed by atoms with Gasteiger partial charge < -0.3 is 15.2 Å². The van der Waals surface area contributed by atoms with E-state index in [0.717, 1.165) is 13.0 Å². The van der Waals surface area contributed by atoms with E-state index in [4.69, 9.17) is 5.11 Å². The van der Waals surface area contributed by atoms with E-state index in [9.17, 15) is 18.4 Å². The molecule has 0 bridgehead atoms. The van der Waals surface area contributed by atoms with Gasteiger partial charge in [0.2, 0.25) is 5.91 Å². The van der Waals surface area contributed by atoms with Crippen LogP contribution in [0.3, 0.4) is 0 Å². The van der Waals surface area contributed by atoms with Crippen molar-refractivity contribution in [2.75, 3.05) is 6.54 Å². The number of alkyl halides is 2. The maximum absolute atomic E-state index is 13.4. The molecule has 5 nitrogen and oxygen atoms in total. The number of carbonyl (C=O) groups excluding carboxylic acids is 1. The van der Waals surface area contributed by atoms with E-state index in [1.807, 2.05) is 5.32 Å². The van der Waals surface area contributed by atoms with Crippen molar-refractivity contribution in [3.63, 3.8) is 0 Å². The lowest BCUT2D eigenvalue weighted by atomic mass is 10.1. The third kappa shape index (κ3) is 4.53. The molecule has 19 heavy (non-hydrogen) atoms. The number of amides is 1. The zero-order valence-electron chi connectivity index (χ0n) is 10.4. The van der Waals surface area contributed by atoms with E-state index in [0.29, 0.717) is 0 Å². The van der Waals surface area contributed by atoms with Crippen LogP contribution in [-0.2, 0) is 4.79 Å². The highest BCUT2D eigenvalue weighted by Crippen LogP contribution is 2.25. The average molecular weight is 273 g/mol. The Bertz CT molecular complexity index is 503. The highest BCUT2D eigenvalue weighted by Gasteiger charge is 2.32. The number of aryl methyl sites for hydroxylation is 1. The van der Waals surface area contributed by atoms with Crippen LogP contribution >= 0.6 is 0 Å². The lowest BCUT2D eigenvalue weighted by molar-refractivity contribution is -0.173. The number of carboxylic acid groups (broad SMARTS) is 1. The van der Waals surface area contributed by atoms with Crippen molar-refractivity contribution in [1.29, 1.82) is 0 Å². The molecule has 104 valence electrons. The molecule has 1 aromatic carbocycles. The van der Waals surface area contributed by atoms with E-state index >= 15 is 0 Å². The first-order valence-corrected chi connectivity index (χ1v) is 5.36. The number of benzene rings is 1. The molecule has 0 heterocycles. The topological polar surface area (TPSA) is 75.6 Å². The SMILES string of the molecule is CC(=O)NCC(F)(F)Oc1ccc(C(=O)O)cc1C. The fourth-order valence-corrected chi connectivity index (χ4v) is 1.32. The molecule has 0 aromatic heterocycles. The zero-order chi connectivity index (χ0) is 14.6. The molecule has 1 amide bonds. The maximum Gasteiger partial charge on any atom is 0.415 e. The van der Waals surface area contributed by atoms with Gasteiger partial charge >= 0.3 is 12.1 Å². The summed E-state index contributed by atoms with van der Waals surface area (Å²) < 4.78 is 31.2. The second-order valence-electron chi connectivity index (χ2n) is 3.93. The van der Waals surface area contributed by atoms with E-state index in [-0.39, 0.29) is 16.9 Å². The van der Waals surface area contributed by atoms with Crippen LogP contribution in [0.15, 0.2) is 18.2 Å². The molecule has 0 aliphatic heterocycles. The van der Waals surface area contributed by atoms with Gasteiger partial charge in [0.05, 0.1) is 5.56 Å². The minimum Gasteiger partial charge on any atom is -0.478 e. The molecule has 0 aliphatic carbocycles. The second-order valence-corrected chi connectivity index (χ2v) is 3.93. The van der Waals surface area contributed by atoms with Gasteiger partial charge in [-0.15, -0.1) is 0 Å². The molecule has 0 radical (unpaired) electrons. The van der Waals surface area contributed by atoms with Crippen LogP contribution < -0.4 is 10.1 Å². The molecule has 0 saturated carbocycles. The zero-order valence-corrected chi connectivity index (χ0v) is 10.4. The number of hydrogen-bond acceptors (Lipinski definition) is 3. The number of rotatable bonds is 5. The molecule has 7 heteroatoms. The van der Waals surface area contributed by atoms with Gasteiger partial charge in [0.1, 0.15) is 12.3 Å². The first kappa shape index (κ1) is 14.9. The summed E-state index contributed by atoms with van der Waals surface area (Å²) in [7, 11) is 0. The highest BCUT2D eigenvalue weighted by atomic mass is 19.3. The Hall–Kier alpha value is -2.18. The molecule has 0 unspecified atom stereocenters. The Balaban J connectivity index is 2.81. The van der Waals surface area contributed by atoms with Gasteiger partial charge in [-0.3, -0.25) is 4.79 Å². The van der Waals surface area contributed by atoms with Crippen LogP contribution in [0.4, 0.5) is 8.78 Å². The third-order valence-electron chi connectivity index (χ3n) is 2.22. The van der Waals surface area contributed by atoms with Gasteiger partial charge in [-0.05, 0) is 30.7 Å². The average Bonchev–Trinajstić information content (AvgIpc) is 2.29. The minimum absolute atomic E-state index is 0.0185.